The third-order valence-electron chi connectivity index (χ3n) is 3.60. The van der Waals surface area contributed by atoms with Crippen LogP contribution in [0, 0.1) is 18.3 Å². The number of ether oxygens (including phenoxy) is 1. The van der Waals surface area contributed by atoms with Crippen molar-refractivity contribution < 1.29 is 14.3 Å². The number of para-hydroxylation sites is 1. The van der Waals surface area contributed by atoms with Crippen LogP contribution >= 0.6 is 11.6 Å². The van der Waals surface area contributed by atoms with Gasteiger partial charge in [-0.25, -0.2) is 4.79 Å². The van der Waals surface area contributed by atoms with Crippen LogP contribution in [0.1, 0.15) is 22.8 Å². The first kappa shape index (κ1) is 20.0. The Morgan fingerprint density at radius 3 is 2.63 bits per heavy atom. The van der Waals surface area contributed by atoms with Gasteiger partial charge in [-0.15, -0.1) is 0 Å². The number of aryl methyl sites for hydroxylation is 1. The zero-order valence-corrected chi connectivity index (χ0v) is 15.6. The van der Waals surface area contributed by atoms with Crippen molar-refractivity contribution in [2.75, 3.05) is 17.2 Å². The van der Waals surface area contributed by atoms with Crippen LogP contribution in [0.3, 0.4) is 0 Å². The molecule has 0 fully saturated rings. The molecule has 0 radical (unpaired) electrons. The third-order valence-corrected chi connectivity index (χ3v) is 3.83. The normalized spacial score (nSPS) is 10.7. The van der Waals surface area contributed by atoms with Crippen LogP contribution in [0.15, 0.2) is 54.2 Å². The maximum absolute atomic E-state index is 12.4. The van der Waals surface area contributed by atoms with Gasteiger partial charge in [-0.2, -0.15) is 5.26 Å². The van der Waals surface area contributed by atoms with Crippen LogP contribution < -0.4 is 10.6 Å². The summed E-state index contributed by atoms with van der Waals surface area (Å²) in [5.41, 5.74) is 1.91. The summed E-state index contributed by atoms with van der Waals surface area (Å²) in [6, 6.07) is 13.5. The first-order valence-corrected chi connectivity index (χ1v) is 8.54. The van der Waals surface area contributed by atoms with E-state index in [1.54, 1.807) is 49.4 Å². The number of halogens is 1. The number of nitriles is 1. The van der Waals surface area contributed by atoms with E-state index in [2.05, 4.69) is 10.6 Å². The summed E-state index contributed by atoms with van der Waals surface area (Å²) < 4.78 is 4.97. The van der Waals surface area contributed by atoms with E-state index in [9.17, 15) is 14.9 Å². The Kier molecular flexibility index (Phi) is 6.98. The zero-order valence-electron chi connectivity index (χ0n) is 14.9. The summed E-state index contributed by atoms with van der Waals surface area (Å²) in [7, 11) is 0. The van der Waals surface area contributed by atoms with Crippen molar-refractivity contribution in [1.82, 2.24) is 0 Å². The van der Waals surface area contributed by atoms with Crippen molar-refractivity contribution in [3.05, 3.63) is 70.4 Å². The summed E-state index contributed by atoms with van der Waals surface area (Å²) in [6.07, 6.45) is 1.30. The van der Waals surface area contributed by atoms with Gasteiger partial charge in [-0.05, 0) is 49.7 Å². The minimum absolute atomic E-state index is 0.150. The number of nitrogens with one attached hydrogen (secondary N) is 2. The Labute approximate surface area is 162 Å². The smallest absolute Gasteiger partial charge is 0.340 e. The topological polar surface area (TPSA) is 91.2 Å². The number of benzene rings is 2. The predicted molar refractivity (Wildman–Crippen MR) is 105 cm³/mol. The fraction of sp³-hybridized carbons (Fsp3) is 0.150. The highest BCUT2D eigenvalue weighted by Crippen LogP contribution is 2.20. The first-order valence-electron chi connectivity index (χ1n) is 8.16. The summed E-state index contributed by atoms with van der Waals surface area (Å²) in [4.78, 5) is 24.4. The van der Waals surface area contributed by atoms with Crippen LogP contribution in [0.25, 0.3) is 0 Å². The molecular formula is C20H18ClN3O3. The minimum Gasteiger partial charge on any atom is -0.462 e. The molecule has 1 amide bonds. The fourth-order valence-electron chi connectivity index (χ4n) is 2.26. The van der Waals surface area contributed by atoms with Crippen molar-refractivity contribution in [2.24, 2.45) is 0 Å². The van der Waals surface area contributed by atoms with Crippen LogP contribution in [0.4, 0.5) is 11.4 Å². The summed E-state index contributed by atoms with van der Waals surface area (Å²) in [6.45, 7) is 3.76. The lowest BCUT2D eigenvalue weighted by atomic mass is 10.1. The number of nitrogens with zero attached hydrogens (tertiary/aromatic N) is 1. The van der Waals surface area contributed by atoms with Gasteiger partial charge in [-0.3, -0.25) is 4.79 Å². The average molecular weight is 384 g/mol. The molecule has 2 aromatic carbocycles. The Bertz CT molecular complexity index is 932. The lowest BCUT2D eigenvalue weighted by Gasteiger charge is -2.10. The monoisotopic (exact) mass is 383 g/mol. The molecule has 0 heterocycles. The van der Waals surface area contributed by atoms with Crippen molar-refractivity contribution in [1.29, 1.82) is 5.26 Å². The second-order valence-corrected chi connectivity index (χ2v) is 5.93. The number of hydrogen-bond donors (Lipinski definition) is 2. The Hall–Kier alpha value is -3.30. The maximum atomic E-state index is 12.4. The molecule has 0 aliphatic rings. The van der Waals surface area contributed by atoms with Gasteiger partial charge in [0.15, 0.2) is 0 Å². The molecule has 0 aromatic heterocycles. The molecule has 0 aliphatic heterocycles. The second kappa shape index (κ2) is 9.41. The molecule has 0 saturated carbocycles. The van der Waals surface area contributed by atoms with Crippen molar-refractivity contribution in [3.63, 3.8) is 0 Å². The lowest BCUT2D eigenvalue weighted by Crippen LogP contribution is -2.17. The van der Waals surface area contributed by atoms with E-state index in [4.69, 9.17) is 16.3 Å². The number of carbonyl (C=O) groups excluding carboxylic acids is 2. The number of anilines is 2. The van der Waals surface area contributed by atoms with E-state index in [0.29, 0.717) is 10.7 Å². The SMILES string of the molecule is CCOC(=O)c1ccccc1NC(=O)/C(C#N)=C\Nc1ccc(Cl)cc1C. The van der Waals surface area contributed by atoms with E-state index < -0.39 is 11.9 Å². The number of amides is 1. The highest BCUT2D eigenvalue weighted by molar-refractivity contribution is 6.30. The minimum atomic E-state index is -0.645. The third kappa shape index (κ3) is 5.33. The fourth-order valence-corrected chi connectivity index (χ4v) is 2.48. The van der Waals surface area contributed by atoms with E-state index in [1.165, 1.54) is 6.20 Å². The van der Waals surface area contributed by atoms with E-state index in [-0.39, 0.29) is 23.4 Å². The van der Waals surface area contributed by atoms with Crippen LogP contribution in [-0.4, -0.2) is 18.5 Å². The van der Waals surface area contributed by atoms with E-state index in [1.807, 2.05) is 13.0 Å². The van der Waals surface area contributed by atoms with E-state index >= 15 is 0 Å². The summed E-state index contributed by atoms with van der Waals surface area (Å²) >= 11 is 5.91. The molecule has 0 spiro atoms. The van der Waals surface area contributed by atoms with Crippen LogP contribution in [0.5, 0.6) is 0 Å². The Balaban J connectivity index is 2.18. The molecule has 0 aliphatic carbocycles. The number of hydrogen-bond acceptors (Lipinski definition) is 5. The molecule has 0 saturated heterocycles. The highest BCUT2D eigenvalue weighted by atomic mass is 35.5. The van der Waals surface area contributed by atoms with Crippen LogP contribution in [0.2, 0.25) is 5.02 Å². The quantitative estimate of drug-likeness (QED) is 0.441. The van der Waals surface area contributed by atoms with Crippen molar-refractivity contribution >= 4 is 34.9 Å². The number of esters is 1. The zero-order chi connectivity index (χ0) is 19.8. The van der Waals surface area contributed by atoms with Gasteiger partial charge in [0.1, 0.15) is 11.6 Å². The molecule has 0 atom stereocenters. The van der Waals surface area contributed by atoms with Gasteiger partial charge in [0.25, 0.3) is 5.91 Å². The molecule has 7 heteroatoms. The van der Waals surface area contributed by atoms with Crippen molar-refractivity contribution in [3.8, 4) is 6.07 Å². The summed E-state index contributed by atoms with van der Waals surface area (Å²) in [5, 5.41) is 15.4. The molecular weight excluding hydrogens is 366 g/mol. The van der Waals surface area contributed by atoms with Crippen LogP contribution in [-0.2, 0) is 9.53 Å². The van der Waals surface area contributed by atoms with Crippen molar-refractivity contribution in [2.45, 2.75) is 13.8 Å². The molecule has 2 N–H and O–H groups in total. The first-order chi connectivity index (χ1) is 13.0. The van der Waals surface area contributed by atoms with Gasteiger partial charge >= 0.3 is 5.97 Å². The van der Waals surface area contributed by atoms with Gasteiger partial charge in [0.2, 0.25) is 0 Å². The number of rotatable bonds is 6. The predicted octanol–water partition coefficient (Wildman–Crippen LogP) is 4.28. The average Bonchev–Trinajstić information content (AvgIpc) is 2.64. The van der Waals surface area contributed by atoms with Gasteiger partial charge in [-0.1, -0.05) is 23.7 Å². The molecule has 27 heavy (non-hydrogen) atoms. The molecule has 2 rings (SSSR count). The lowest BCUT2D eigenvalue weighted by molar-refractivity contribution is -0.112. The Morgan fingerprint density at radius 1 is 1.22 bits per heavy atom. The number of carbonyl (C=O) groups is 2. The maximum Gasteiger partial charge on any atom is 0.340 e. The molecule has 2 aromatic rings. The van der Waals surface area contributed by atoms with Gasteiger partial charge < -0.3 is 15.4 Å². The second-order valence-electron chi connectivity index (χ2n) is 5.49. The Morgan fingerprint density at radius 2 is 1.96 bits per heavy atom. The molecule has 0 bridgehead atoms. The summed E-state index contributed by atoms with van der Waals surface area (Å²) in [5.74, 6) is -1.20. The van der Waals surface area contributed by atoms with E-state index in [0.717, 1.165) is 5.56 Å². The standard InChI is InChI=1S/C20H18ClN3O3/c1-3-27-20(26)16-6-4-5-7-18(16)24-19(25)14(11-22)12-23-17-9-8-15(21)10-13(17)2/h4-10,12,23H,3H2,1-2H3,(H,24,25)/b14-12-. The largest absolute Gasteiger partial charge is 0.462 e. The van der Waals surface area contributed by atoms with Gasteiger partial charge in [0.05, 0.1) is 17.9 Å². The highest BCUT2D eigenvalue weighted by Gasteiger charge is 2.16. The molecule has 6 nitrogen and oxygen atoms in total. The van der Waals surface area contributed by atoms with Gasteiger partial charge in [0, 0.05) is 16.9 Å². The molecule has 138 valence electrons. The molecule has 0 unspecified atom stereocenters.